The number of piperazine rings is 1. The maximum absolute atomic E-state index is 14.8. The van der Waals surface area contributed by atoms with Gasteiger partial charge in [-0.1, -0.05) is 25.1 Å². The summed E-state index contributed by atoms with van der Waals surface area (Å²) in [5.41, 5.74) is 1.06. The smallest absolute Gasteiger partial charge is 0.252 e. The van der Waals surface area contributed by atoms with Gasteiger partial charge in [-0.25, -0.2) is 4.39 Å². The number of rotatable bonds is 6. The number of hydrogen-bond donors (Lipinski definition) is 1. The number of carbonyl (C=O) groups excluding carboxylic acids is 1. The summed E-state index contributed by atoms with van der Waals surface area (Å²) in [6.07, 6.45) is 0. The number of amides is 1. The minimum atomic E-state index is -0.671. The van der Waals surface area contributed by atoms with Crippen LogP contribution in [0, 0.1) is 5.82 Å². The number of carbonyl (C=O) groups is 1. The minimum Gasteiger partial charge on any atom is -0.496 e. The third-order valence-electron chi connectivity index (χ3n) is 5.58. The van der Waals surface area contributed by atoms with Gasteiger partial charge in [-0.05, 0) is 44.7 Å². The molecule has 0 aromatic heterocycles. The molecule has 2 aromatic rings. The number of nitrogens with one attached hydrogen (secondary N) is 1. The number of para-hydroxylation sites is 1. The molecule has 1 aliphatic heterocycles. The molecule has 156 valence electrons. The first-order chi connectivity index (χ1) is 13.9. The molecular weight excluding hydrogens is 369 g/mol. The van der Waals surface area contributed by atoms with Gasteiger partial charge in [0, 0.05) is 37.3 Å². The number of halogens is 1. The van der Waals surface area contributed by atoms with Crippen LogP contribution in [-0.4, -0.2) is 50.6 Å². The van der Waals surface area contributed by atoms with Crippen molar-refractivity contribution in [2.75, 3.05) is 44.7 Å². The Bertz CT molecular complexity index is 861. The van der Waals surface area contributed by atoms with Crippen LogP contribution in [-0.2, 0) is 5.54 Å². The van der Waals surface area contributed by atoms with Gasteiger partial charge in [0.2, 0.25) is 0 Å². The second kappa shape index (κ2) is 8.82. The zero-order valence-electron chi connectivity index (χ0n) is 17.7. The normalized spacial score (nSPS) is 15.3. The van der Waals surface area contributed by atoms with E-state index in [0.717, 1.165) is 38.3 Å². The van der Waals surface area contributed by atoms with E-state index >= 15 is 0 Å². The summed E-state index contributed by atoms with van der Waals surface area (Å²) in [5, 5.41) is 3.00. The van der Waals surface area contributed by atoms with Crippen molar-refractivity contribution in [1.29, 1.82) is 0 Å². The number of likely N-dealkylation sites (N-methyl/N-ethyl adjacent to an activating group) is 1. The highest BCUT2D eigenvalue weighted by molar-refractivity contribution is 5.95. The molecule has 0 aliphatic carbocycles. The minimum absolute atomic E-state index is 0.307. The van der Waals surface area contributed by atoms with E-state index in [1.165, 1.54) is 6.07 Å². The van der Waals surface area contributed by atoms with Crippen LogP contribution < -0.4 is 15.0 Å². The maximum Gasteiger partial charge on any atom is 0.252 e. The van der Waals surface area contributed by atoms with E-state index in [2.05, 4.69) is 17.1 Å². The Morgan fingerprint density at radius 1 is 1.14 bits per heavy atom. The highest BCUT2D eigenvalue weighted by Gasteiger charge is 2.27. The molecule has 1 saturated heterocycles. The third kappa shape index (κ3) is 4.70. The summed E-state index contributed by atoms with van der Waals surface area (Å²) in [6, 6.07) is 12.3. The molecule has 1 aliphatic rings. The lowest BCUT2D eigenvalue weighted by Crippen LogP contribution is -2.46. The summed E-state index contributed by atoms with van der Waals surface area (Å²) in [7, 11) is 1.60. The molecule has 1 heterocycles. The maximum atomic E-state index is 14.8. The highest BCUT2D eigenvalue weighted by atomic mass is 19.1. The Balaban J connectivity index is 1.74. The average Bonchev–Trinajstić information content (AvgIpc) is 2.73. The number of methoxy groups -OCH3 is 1. The summed E-state index contributed by atoms with van der Waals surface area (Å²) < 4.78 is 20.2. The van der Waals surface area contributed by atoms with Crippen LogP contribution >= 0.6 is 0 Å². The van der Waals surface area contributed by atoms with Gasteiger partial charge in [0.05, 0.1) is 18.3 Å². The largest absolute Gasteiger partial charge is 0.496 e. The molecule has 0 unspecified atom stereocenters. The van der Waals surface area contributed by atoms with Crippen LogP contribution in [0.5, 0.6) is 5.75 Å². The molecule has 6 heteroatoms. The monoisotopic (exact) mass is 399 g/mol. The predicted molar refractivity (Wildman–Crippen MR) is 114 cm³/mol. The first kappa shape index (κ1) is 21.1. The molecule has 29 heavy (non-hydrogen) atoms. The topological polar surface area (TPSA) is 44.8 Å². The Morgan fingerprint density at radius 2 is 1.83 bits per heavy atom. The van der Waals surface area contributed by atoms with Gasteiger partial charge in [-0.2, -0.15) is 0 Å². The van der Waals surface area contributed by atoms with Crippen LogP contribution in [0.15, 0.2) is 42.5 Å². The van der Waals surface area contributed by atoms with Crippen molar-refractivity contribution in [3.8, 4) is 5.75 Å². The fourth-order valence-corrected chi connectivity index (χ4v) is 3.79. The van der Waals surface area contributed by atoms with Gasteiger partial charge in [0.15, 0.2) is 0 Å². The lowest BCUT2D eigenvalue weighted by Gasteiger charge is -2.35. The lowest BCUT2D eigenvalue weighted by molar-refractivity contribution is 0.0910. The van der Waals surface area contributed by atoms with E-state index in [0.29, 0.717) is 17.0 Å². The Morgan fingerprint density at radius 3 is 2.45 bits per heavy atom. The Labute approximate surface area is 172 Å². The number of hydrogen-bond acceptors (Lipinski definition) is 4. The Kier molecular flexibility index (Phi) is 6.42. The van der Waals surface area contributed by atoms with Gasteiger partial charge in [-0.15, -0.1) is 0 Å². The zero-order chi connectivity index (χ0) is 21.0. The summed E-state index contributed by atoms with van der Waals surface area (Å²) in [6.45, 7) is 10.4. The number of benzene rings is 2. The van der Waals surface area contributed by atoms with Crippen LogP contribution in [0.3, 0.4) is 0 Å². The van der Waals surface area contributed by atoms with Gasteiger partial charge in [0.25, 0.3) is 5.91 Å². The van der Waals surface area contributed by atoms with Crippen molar-refractivity contribution in [3.05, 3.63) is 59.4 Å². The number of nitrogens with zero attached hydrogens (tertiary/aromatic N) is 2. The molecule has 2 aromatic carbocycles. The molecule has 0 atom stereocenters. The average molecular weight is 400 g/mol. The van der Waals surface area contributed by atoms with Crippen molar-refractivity contribution in [1.82, 2.24) is 10.2 Å². The predicted octanol–water partition coefficient (Wildman–Crippen LogP) is 3.64. The van der Waals surface area contributed by atoms with Gasteiger partial charge in [-0.3, -0.25) is 4.79 Å². The summed E-state index contributed by atoms with van der Waals surface area (Å²) in [4.78, 5) is 17.2. The fourth-order valence-electron chi connectivity index (χ4n) is 3.79. The SMILES string of the molecule is CCN1CCN(c2ccc(C(=O)NC(C)(C)c3ccccc3OC)cc2F)CC1. The van der Waals surface area contributed by atoms with Gasteiger partial charge < -0.3 is 19.9 Å². The molecular formula is C23H30FN3O2. The van der Waals surface area contributed by atoms with E-state index in [4.69, 9.17) is 4.74 Å². The van der Waals surface area contributed by atoms with E-state index in [1.54, 1.807) is 19.2 Å². The number of anilines is 1. The molecule has 5 nitrogen and oxygen atoms in total. The quantitative estimate of drug-likeness (QED) is 0.806. The van der Waals surface area contributed by atoms with Crippen molar-refractivity contribution >= 4 is 11.6 Å². The van der Waals surface area contributed by atoms with Crippen molar-refractivity contribution in [2.45, 2.75) is 26.3 Å². The second-order valence-corrected chi connectivity index (χ2v) is 7.87. The second-order valence-electron chi connectivity index (χ2n) is 7.87. The fraction of sp³-hybridized carbons (Fsp3) is 0.435. The highest BCUT2D eigenvalue weighted by Crippen LogP contribution is 2.30. The summed E-state index contributed by atoms with van der Waals surface area (Å²) >= 11 is 0. The zero-order valence-corrected chi connectivity index (χ0v) is 17.7. The van der Waals surface area contributed by atoms with E-state index in [9.17, 15) is 9.18 Å². The van der Waals surface area contributed by atoms with Crippen molar-refractivity contribution < 1.29 is 13.9 Å². The van der Waals surface area contributed by atoms with Crippen molar-refractivity contribution in [2.24, 2.45) is 0 Å². The van der Waals surface area contributed by atoms with Gasteiger partial charge >= 0.3 is 0 Å². The van der Waals surface area contributed by atoms with E-state index < -0.39 is 5.54 Å². The van der Waals surface area contributed by atoms with Crippen molar-refractivity contribution in [3.63, 3.8) is 0 Å². The molecule has 1 amide bonds. The Hall–Kier alpha value is -2.60. The third-order valence-corrected chi connectivity index (χ3v) is 5.58. The molecule has 0 saturated carbocycles. The molecule has 0 spiro atoms. The van der Waals surface area contributed by atoms with E-state index in [1.807, 2.05) is 43.0 Å². The molecule has 3 rings (SSSR count). The first-order valence-corrected chi connectivity index (χ1v) is 10.1. The standard InChI is InChI=1S/C23H30FN3O2/c1-5-26-12-14-27(15-13-26)20-11-10-17(16-19(20)24)22(28)25-23(2,3)18-8-6-7-9-21(18)29-4/h6-11,16H,5,12-15H2,1-4H3,(H,25,28). The first-order valence-electron chi connectivity index (χ1n) is 10.1. The van der Waals surface area contributed by atoms with Crippen LogP contribution in [0.4, 0.5) is 10.1 Å². The van der Waals surface area contributed by atoms with Crippen LogP contribution in [0.2, 0.25) is 0 Å². The van der Waals surface area contributed by atoms with Crippen LogP contribution in [0.25, 0.3) is 0 Å². The molecule has 0 bridgehead atoms. The molecule has 1 N–H and O–H groups in total. The van der Waals surface area contributed by atoms with E-state index in [-0.39, 0.29) is 11.7 Å². The molecule has 1 fully saturated rings. The van der Waals surface area contributed by atoms with Gasteiger partial charge in [0.1, 0.15) is 11.6 Å². The van der Waals surface area contributed by atoms with Crippen LogP contribution in [0.1, 0.15) is 36.7 Å². The molecule has 0 radical (unpaired) electrons. The number of ether oxygens (including phenoxy) is 1. The lowest BCUT2D eigenvalue weighted by atomic mass is 9.92. The summed E-state index contributed by atoms with van der Waals surface area (Å²) in [5.74, 6) is 0.0189.